The zero-order valence-corrected chi connectivity index (χ0v) is 38.3. The molecule has 0 aliphatic carbocycles. The minimum Gasteiger partial charge on any atom is -0.481 e. The van der Waals surface area contributed by atoms with Crippen LogP contribution in [0.25, 0.3) is 10.9 Å². The van der Waals surface area contributed by atoms with Gasteiger partial charge in [0.1, 0.15) is 36.3 Å². The Morgan fingerprint density at radius 1 is 0.794 bits per heavy atom. The first-order valence-electron chi connectivity index (χ1n) is 22.6. The third-order valence-corrected chi connectivity index (χ3v) is 11.6. The molecule has 1 aliphatic heterocycles. The number of aromatic amines is 2. The summed E-state index contributed by atoms with van der Waals surface area (Å²) in [4.78, 5) is 128. The average Bonchev–Trinajstić information content (AvgIpc) is 4.11. The standard InChI is InChI=1S/C44H64N12O12/c1-4-23(2)36(55-41(64)32(17-26-20-46-22-50-26)54-43(66)37(24(3)57)56-39(62)29-13-9-15-47-29)42(65)52-30(12-7-8-14-45)40(63)53-31(16-25-19-48-28-11-6-5-10-27(25)28)38(61)49-21-34(58)51-33(44(67)68)18-35(59)60/h5-6,10-11,19-20,22-24,29-33,36-37,47-48,57H,4,7-9,12-18,21,45H2,1-3H3,(H,46,50)(H,49,61)(H,51,58)(H,52,65)(H,53,63)(H,54,66)(H,55,64)(H,56,62)(H,59,60)(H,67,68)/t23-,24+,29-,30-,31-,32-,33-,36-,37-/m0/s1. The smallest absolute Gasteiger partial charge is 0.326 e. The van der Waals surface area contributed by atoms with E-state index < -0.39 is 121 Å². The molecule has 1 saturated heterocycles. The Morgan fingerprint density at radius 2 is 1.47 bits per heavy atom. The van der Waals surface area contributed by atoms with Crippen molar-refractivity contribution in [2.24, 2.45) is 11.7 Å². The number of rotatable bonds is 28. The lowest BCUT2D eigenvalue weighted by atomic mass is 9.96. The van der Waals surface area contributed by atoms with Gasteiger partial charge in [-0.1, -0.05) is 38.5 Å². The predicted octanol–water partition coefficient (Wildman–Crippen LogP) is -2.43. The van der Waals surface area contributed by atoms with Gasteiger partial charge in [-0.05, 0) is 69.7 Å². The van der Waals surface area contributed by atoms with E-state index in [2.05, 4.69) is 52.2 Å². The summed E-state index contributed by atoms with van der Waals surface area (Å²) in [6.07, 6.45) is 4.45. The van der Waals surface area contributed by atoms with Crippen LogP contribution in [0.2, 0.25) is 0 Å². The fourth-order valence-corrected chi connectivity index (χ4v) is 7.55. The van der Waals surface area contributed by atoms with E-state index in [1.807, 2.05) is 5.32 Å². The van der Waals surface area contributed by atoms with Crippen LogP contribution in [0.1, 0.15) is 77.0 Å². The van der Waals surface area contributed by atoms with Gasteiger partial charge in [-0.3, -0.25) is 38.4 Å². The van der Waals surface area contributed by atoms with E-state index in [1.54, 1.807) is 44.3 Å². The number of carbonyl (C=O) groups excluding carboxylic acids is 7. The zero-order valence-electron chi connectivity index (χ0n) is 38.3. The number of H-pyrrole nitrogens is 2. The first-order chi connectivity index (χ1) is 32.4. The fourth-order valence-electron chi connectivity index (χ4n) is 7.55. The number of unbranched alkanes of at least 4 members (excludes halogenated alkanes) is 1. The van der Waals surface area contributed by atoms with Crippen molar-refractivity contribution in [2.45, 2.75) is 127 Å². The number of amides is 7. The number of benzene rings is 1. The second-order valence-corrected chi connectivity index (χ2v) is 16.8. The van der Waals surface area contributed by atoms with E-state index in [4.69, 9.17) is 10.8 Å². The Labute approximate surface area is 391 Å². The molecule has 0 radical (unpaired) electrons. The van der Waals surface area contributed by atoms with Crippen LogP contribution in [-0.2, 0) is 56.0 Å². The third kappa shape index (κ3) is 16.2. The lowest BCUT2D eigenvalue weighted by Crippen LogP contribution is -2.62. The zero-order chi connectivity index (χ0) is 49.9. The molecule has 3 aromatic rings. The molecule has 0 spiro atoms. The van der Waals surface area contributed by atoms with Crippen LogP contribution in [-0.4, -0.2) is 152 Å². The number of nitrogens with two attached hydrogens (primary N) is 1. The summed E-state index contributed by atoms with van der Waals surface area (Å²) in [6.45, 7) is 4.90. The van der Waals surface area contributed by atoms with Gasteiger partial charge in [-0.2, -0.15) is 0 Å². The highest BCUT2D eigenvalue weighted by Gasteiger charge is 2.36. The minimum atomic E-state index is -1.78. The Kier molecular flexibility index (Phi) is 20.9. The quantitative estimate of drug-likeness (QED) is 0.0337. The molecule has 0 unspecified atom stereocenters. The van der Waals surface area contributed by atoms with Gasteiger partial charge in [0.05, 0.1) is 31.4 Å². The number of para-hydroxylation sites is 1. The number of nitrogens with one attached hydrogen (secondary N) is 10. The number of carbonyl (C=O) groups is 9. The molecule has 0 saturated carbocycles. The summed E-state index contributed by atoms with van der Waals surface area (Å²) in [6, 6.07) is -1.90. The summed E-state index contributed by atoms with van der Waals surface area (Å²) in [5, 5.41) is 50.4. The first-order valence-corrected chi connectivity index (χ1v) is 22.6. The van der Waals surface area contributed by atoms with Crippen molar-refractivity contribution in [2.75, 3.05) is 19.6 Å². The molecule has 1 aromatic carbocycles. The molecule has 2 aromatic heterocycles. The second-order valence-electron chi connectivity index (χ2n) is 16.8. The molecule has 24 heteroatoms. The number of nitrogens with zero attached hydrogens (tertiary/aromatic N) is 1. The number of aliphatic hydroxyl groups is 1. The van der Waals surface area contributed by atoms with E-state index >= 15 is 0 Å². The van der Waals surface area contributed by atoms with Gasteiger partial charge in [0.25, 0.3) is 0 Å². The lowest BCUT2D eigenvalue weighted by Gasteiger charge is -2.30. The first kappa shape index (κ1) is 53.7. The topological polar surface area (TPSA) is 381 Å². The fraction of sp³-hybridized carbons (Fsp3) is 0.545. The molecule has 4 rings (SSSR count). The second kappa shape index (κ2) is 26.4. The number of carboxylic acids is 2. The Hall–Kier alpha value is -6.92. The number of aromatic nitrogens is 3. The normalized spacial score (nSPS) is 16.9. The van der Waals surface area contributed by atoms with Crippen LogP contribution in [0.15, 0.2) is 43.0 Å². The van der Waals surface area contributed by atoms with Crippen LogP contribution in [0.5, 0.6) is 0 Å². The molecule has 0 bridgehead atoms. The van der Waals surface area contributed by atoms with Gasteiger partial charge in [0.15, 0.2) is 0 Å². The lowest BCUT2D eigenvalue weighted by molar-refractivity contribution is -0.147. The van der Waals surface area contributed by atoms with E-state index in [0.717, 1.165) is 17.3 Å². The van der Waals surface area contributed by atoms with Crippen LogP contribution >= 0.6 is 0 Å². The van der Waals surface area contributed by atoms with E-state index in [9.17, 15) is 53.4 Å². The largest absolute Gasteiger partial charge is 0.481 e. The van der Waals surface area contributed by atoms with Gasteiger partial charge in [-0.25, -0.2) is 9.78 Å². The third-order valence-electron chi connectivity index (χ3n) is 11.6. The maximum Gasteiger partial charge on any atom is 0.326 e. The monoisotopic (exact) mass is 952 g/mol. The summed E-state index contributed by atoms with van der Waals surface area (Å²) < 4.78 is 0. The van der Waals surface area contributed by atoms with Gasteiger partial charge >= 0.3 is 11.9 Å². The van der Waals surface area contributed by atoms with Crippen molar-refractivity contribution < 1.29 is 58.5 Å². The van der Waals surface area contributed by atoms with E-state index in [1.165, 1.54) is 19.4 Å². The minimum absolute atomic E-state index is 0.0429. The number of fused-ring (bicyclic) bond motifs is 1. The van der Waals surface area contributed by atoms with Gasteiger partial charge in [-0.15, -0.1) is 0 Å². The summed E-state index contributed by atoms with van der Waals surface area (Å²) >= 11 is 0. The van der Waals surface area contributed by atoms with Crippen molar-refractivity contribution >= 4 is 64.2 Å². The van der Waals surface area contributed by atoms with E-state index in [0.29, 0.717) is 43.5 Å². The Balaban J connectivity index is 1.56. The van der Waals surface area contributed by atoms with Crippen molar-refractivity contribution in [3.63, 3.8) is 0 Å². The van der Waals surface area contributed by atoms with Crippen LogP contribution in [0.4, 0.5) is 0 Å². The number of carboxylic acid groups (broad SMARTS) is 2. The molecule has 24 nitrogen and oxygen atoms in total. The molecule has 1 aliphatic rings. The van der Waals surface area contributed by atoms with Crippen LogP contribution < -0.4 is 48.3 Å². The van der Waals surface area contributed by atoms with E-state index in [-0.39, 0.29) is 25.8 Å². The maximum atomic E-state index is 14.3. The number of hydrogen-bond donors (Lipinski definition) is 14. The average molecular weight is 953 g/mol. The van der Waals surface area contributed by atoms with Crippen molar-refractivity contribution in [3.05, 3.63) is 54.2 Å². The molecular formula is C44H64N12O12. The molecule has 1 fully saturated rings. The van der Waals surface area contributed by atoms with Gasteiger partial charge < -0.3 is 73.6 Å². The van der Waals surface area contributed by atoms with Crippen molar-refractivity contribution in [1.82, 2.24) is 57.5 Å². The van der Waals surface area contributed by atoms with Gasteiger partial charge in [0, 0.05) is 41.8 Å². The molecule has 372 valence electrons. The molecule has 15 N–H and O–H groups in total. The van der Waals surface area contributed by atoms with Crippen LogP contribution in [0.3, 0.4) is 0 Å². The summed E-state index contributed by atoms with van der Waals surface area (Å²) in [5.41, 5.74) is 7.53. The number of aliphatic carboxylic acids is 2. The SMILES string of the molecule is CC[C@H](C)[C@H](NC(=O)[C@H](Cc1cnc[nH]1)NC(=O)[C@@H](NC(=O)[C@@H]1CCCN1)[C@@H](C)O)C(=O)N[C@@H](CCCCN)C(=O)N[C@@H](Cc1c[nH]c2ccccc12)C(=O)NCC(=O)N[C@@H](CC(=O)O)C(=O)O. The molecule has 7 amide bonds. The van der Waals surface area contributed by atoms with Gasteiger partial charge in [0.2, 0.25) is 41.4 Å². The number of hydrogen-bond acceptors (Lipinski definition) is 13. The molecule has 68 heavy (non-hydrogen) atoms. The molecule has 9 atom stereocenters. The Morgan fingerprint density at radius 3 is 2.10 bits per heavy atom. The van der Waals surface area contributed by atoms with Crippen LogP contribution in [0, 0.1) is 5.92 Å². The number of imidazole rings is 1. The summed E-state index contributed by atoms with van der Waals surface area (Å²) in [5.74, 6) is -9.21. The summed E-state index contributed by atoms with van der Waals surface area (Å²) in [7, 11) is 0. The van der Waals surface area contributed by atoms with Crippen molar-refractivity contribution in [3.8, 4) is 0 Å². The predicted molar refractivity (Wildman–Crippen MR) is 244 cm³/mol. The highest BCUT2D eigenvalue weighted by molar-refractivity contribution is 5.98. The highest BCUT2D eigenvalue weighted by atomic mass is 16.4. The highest BCUT2D eigenvalue weighted by Crippen LogP contribution is 2.20. The number of aliphatic hydroxyl groups excluding tert-OH is 1. The molecular weight excluding hydrogens is 889 g/mol. The Bertz CT molecular complexity index is 2210. The molecule has 3 heterocycles. The van der Waals surface area contributed by atoms with Crippen molar-refractivity contribution in [1.29, 1.82) is 0 Å². The maximum absolute atomic E-state index is 14.3.